The molecule has 0 aliphatic carbocycles. The lowest BCUT2D eigenvalue weighted by atomic mass is 10.1. The molecule has 0 saturated heterocycles. The average molecular weight is 319 g/mol. The molecule has 3 heteroatoms. The molecule has 0 N–H and O–H groups in total. The van der Waals surface area contributed by atoms with Gasteiger partial charge in [-0.2, -0.15) is 5.10 Å². The van der Waals surface area contributed by atoms with Crippen LogP contribution in [-0.2, 0) is 0 Å². The minimum atomic E-state index is 0.736. The van der Waals surface area contributed by atoms with Crippen LogP contribution in [0, 0.1) is 6.92 Å². The zero-order valence-electron chi connectivity index (χ0n) is 12.7. The molecule has 3 aromatic carbocycles. The monoisotopic (exact) mass is 318 g/mol. The predicted octanol–water partition coefficient (Wildman–Crippen LogP) is 5.65. The van der Waals surface area contributed by atoms with Crippen molar-refractivity contribution in [3.8, 4) is 16.9 Å². The highest BCUT2D eigenvalue weighted by molar-refractivity contribution is 6.30. The summed E-state index contributed by atoms with van der Waals surface area (Å²) in [5.74, 6) is 0. The number of hydrogen-bond donors (Lipinski definition) is 0. The molecule has 1 aromatic heterocycles. The molecule has 0 aliphatic rings. The number of aryl methyl sites for hydroxylation is 1. The van der Waals surface area contributed by atoms with E-state index in [1.807, 2.05) is 47.1 Å². The fourth-order valence-electron chi connectivity index (χ4n) is 2.79. The van der Waals surface area contributed by atoms with Crippen molar-refractivity contribution in [2.24, 2.45) is 0 Å². The summed E-state index contributed by atoms with van der Waals surface area (Å²) in [6.07, 6.45) is 0. The van der Waals surface area contributed by atoms with Gasteiger partial charge in [-0.3, -0.25) is 0 Å². The van der Waals surface area contributed by atoms with Gasteiger partial charge in [-0.25, -0.2) is 4.68 Å². The molecular formula is C20H15ClN2. The van der Waals surface area contributed by atoms with Crippen molar-refractivity contribution >= 4 is 22.5 Å². The number of hydrogen-bond acceptors (Lipinski definition) is 1. The first-order valence-electron chi connectivity index (χ1n) is 7.53. The van der Waals surface area contributed by atoms with E-state index in [1.54, 1.807) is 0 Å². The lowest BCUT2D eigenvalue weighted by Crippen LogP contribution is -1.98. The largest absolute Gasteiger partial charge is 0.232 e. The quantitative estimate of drug-likeness (QED) is 0.466. The van der Waals surface area contributed by atoms with Crippen molar-refractivity contribution in [3.05, 3.63) is 83.4 Å². The maximum atomic E-state index is 6.04. The van der Waals surface area contributed by atoms with Gasteiger partial charge in [-0.05, 0) is 37.3 Å². The highest BCUT2D eigenvalue weighted by atomic mass is 35.5. The first-order chi connectivity index (χ1) is 11.2. The van der Waals surface area contributed by atoms with Crippen molar-refractivity contribution in [1.29, 1.82) is 0 Å². The Morgan fingerprint density at radius 2 is 1.52 bits per heavy atom. The van der Waals surface area contributed by atoms with Crippen molar-refractivity contribution in [2.45, 2.75) is 6.92 Å². The molecule has 0 amide bonds. The zero-order valence-corrected chi connectivity index (χ0v) is 13.5. The zero-order chi connectivity index (χ0) is 15.8. The number of rotatable bonds is 2. The Labute approximate surface area is 140 Å². The summed E-state index contributed by atoms with van der Waals surface area (Å²) in [7, 11) is 0. The lowest BCUT2D eigenvalue weighted by Gasteiger charge is -2.09. The van der Waals surface area contributed by atoms with Crippen LogP contribution in [0.2, 0.25) is 5.02 Å². The second-order valence-electron chi connectivity index (χ2n) is 5.62. The lowest BCUT2D eigenvalue weighted by molar-refractivity contribution is 0.903. The van der Waals surface area contributed by atoms with Crippen LogP contribution in [0.25, 0.3) is 27.8 Å². The normalized spacial score (nSPS) is 11.0. The van der Waals surface area contributed by atoms with Crippen LogP contribution in [0.4, 0.5) is 0 Å². The van der Waals surface area contributed by atoms with Gasteiger partial charge in [0.25, 0.3) is 0 Å². The third kappa shape index (κ3) is 2.51. The molecule has 0 saturated carbocycles. The van der Waals surface area contributed by atoms with E-state index in [9.17, 15) is 0 Å². The molecule has 4 aromatic rings. The van der Waals surface area contributed by atoms with Gasteiger partial charge in [0.05, 0.1) is 16.9 Å². The molecule has 23 heavy (non-hydrogen) atoms. The smallest absolute Gasteiger partial charge is 0.0934 e. The highest BCUT2D eigenvalue weighted by Crippen LogP contribution is 2.31. The van der Waals surface area contributed by atoms with Gasteiger partial charge in [0.1, 0.15) is 0 Å². The number of halogens is 1. The SMILES string of the molecule is Cc1ccc(-n2nc3ccccc3c2-c2ccc(Cl)cc2)cc1. The van der Waals surface area contributed by atoms with Crippen LogP contribution < -0.4 is 0 Å². The molecule has 0 atom stereocenters. The molecular weight excluding hydrogens is 304 g/mol. The van der Waals surface area contributed by atoms with Gasteiger partial charge in [0.2, 0.25) is 0 Å². The number of aromatic nitrogens is 2. The first-order valence-corrected chi connectivity index (χ1v) is 7.91. The number of nitrogens with zero attached hydrogens (tertiary/aromatic N) is 2. The van der Waals surface area contributed by atoms with E-state index < -0.39 is 0 Å². The molecule has 2 nitrogen and oxygen atoms in total. The van der Waals surface area contributed by atoms with Gasteiger partial charge in [0.15, 0.2) is 0 Å². The maximum Gasteiger partial charge on any atom is 0.0934 e. The van der Waals surface area contributed by atoms with E-state index in [1.165, 1.54) is 5.56 Å². The van der Waals surface area contributed by atoms with Gasteiger partial charge < -0.3 is 0 Å². The minimum absolute atomic E-state index is 0.736. The van der Waals surface area contributed by atoms with Crippen molar-refractivity contribution in [1.82, 2.24) is 9.78 Å². The Morgan fingerprint density at radius 3 is 2.26 bits per heavy atom. The van der Waals surface area contributed by atoms with Crippen molar-refractivity contribution < 1.29 is 0 Å². The van der Waals surface area contributed by atoms with E-state index in [-0.39, 0.29) is 0 Å². The Bertz CT molecular complexity index is 967. The molecule has 0 aliphatic heterocycles. The standard InChI is InChI=1S/C20H15ClN2/c1-14-6-12-17(13-7-14)23-20(15-8-10-16(21)11-9-15)18-4-2-3-5-19(18)22-23/h2-13H,1H3. The van der Waals surface area contributed by atoms with Crippen molar-refractivity contribution in [3.63, 3.8) is 0 Å². The molecule has 0 fully saturated rings. The first kappa shape index (κ1) is 14.0. The molecule has 112 valence electrons. The van der Waals surface area contributed by atoms with Gasteiger partial charge in [0, 0.05) is 16.0 Å². The molecule has 4 rings (SSSR count). The van der Waals surface area contributed by atoms with Crippen LogP contribution in [0.1, 0.15) is 5.56 Å². The van der Waals surface area contributed by atoms with E-state index in [0.717, 1.165) is 32.9 Å². The Kier molecular flexibility index (Phi) is 3.40. The van der Waals surface area contributed by atoms with Crippen LogP contribution in [-0.4, -0.2) is 9.78 Å². The second-order valence-corrected chi connectivity index (χ2v) is 6.06. The topological polar surface area (TPSA) is 17.8 Å². The average Bonchev–Trinajstić information content (AvgIpc) is 2.96. The summed E-state index contributed by atoms with van der Waals surface area (Å²) in [6.45, 7) is 2.09. The summed E-state index contributed by atoms with van der Waals surface area (Å²) in [5.41, 5.74) is 5.46. The van der Waals surface area contributed by atoms with Gasteiger partial charge in [-0.1, -0.05) is 59.6 Å². The second kappa shape index (κ2) is 5.56. The molecule has 0 unspecified atom stereocenters. The number of benzene rings is 3. The fraction of sp³-hybridized carbons (Fsp3) is 0.0500. The summed E-state index contributed by atoms with van der Waals surface area (Å²) in [6, 6.07) is 24.5. The van der Waals surface area contributed by atoms with E-state index >= 15 is 0 Å². The summed E-state index contributed by atoms with van der Waals surface area (Å²) in [4.78, 5) is 0. The molecule has 0 spiro atoms. The van der Waals surface area contributed by atoms with E-state index in [2.05, 4.69) is 37.3 Å². The summed E-state index contributed by atoms with van der Waals surface area (Å²) in [5, 5.41) is 6.67. The molecule has 1 heterocycles. The maximum absolute atomic E-state index is 6.04. The predicted molar refractivity (Wildman–Crippen MR) is 96.3 cm³/mol. The third-order valence-electron chi connectivity index (χ3n) is 3.97. The fourth-order valence-corrected chi connectivity index (χ4v) is 2.92. The van der Waals surface area contributed by atoms with Gasteiger partial charge >= 0.3 is 0 Å². The Balaban J connectivity index is 2.01. The Hall–Kier alpha value is -2.58. The molecule has 0 radical (unpaired) electrons. The van der Waals surface area contributed by atoms with Crippen LogP contribution in [0.15, 0.2) is 72.8 Å². The third-order valence-corrected chi connectivity index (χ3v) is 4.23. The van der Waals surface area contributed by atoms with Crippen LogP contribution in [0.5, 0.6) is 0 Å². The van der Waals surface area contributed by atoms with Crippen LogP contribution in [0.3, 0.4) is 0 Å². The number of fused-ring (bicyclic) bond motifs is 1. The van der Waals surface area contributed by atoms with E-state index in [4.69, 9.17) is 16.7 Å². The van der Waals surface area contributed by atoms with Crippen molar-refractivity contribution in [2.75, 3.05) is 0 Å². The highest BCUT2D eigenvalue weighted by Gasteiger charge is 2.14. The summed E-state index contributed by atoms with van der Waals surface area (Å²) >= 11 is 6.04. The molecule has 0 bridgehead atoms. The van der Waals surface area contributed by atoms with Crippen LogP contribution >= 0.6 is 11.6 Å². The Morgan fingerprint density at radius 1 is 0.826 bits per heavy atom. The summed E-state index contributed by atoms with van der Waals surface area (Å²) < 4.78 is 2.01. The minimum Gasteiger partial charge on any atom is -0.232 e. The van der Waals surface area contributed by atoms with E-state index in [0.29, 0.717) is 0 Å². The van der Waals surface area contributed by atoms with Gasteiger partial charge in [-0.15, -0.1) is 0 Å².